The molecule has 0 aromatic heterocycles. The lowest BCUT2D eigenvalue weighted by Crippen LogP contribution is -2.30. The third-order valence-electron chi connectivity index (χ3n) is 8.19. The molecule has 0 radical (unpaired) electrons. The Morgan fingerprint density at radius 3 is 2.45 bits per heavy atom. The number of rotatable bonds is 8. The molecule has 0 saturated heterocycles. The Hall–Kier alpha value is -1.83. The predicted molar refractivity (Wildman–Crippen MR) is 130 cm³/mol. The lowest BCUT2D eigenvalue weighted by Gasteiger charge is -2.42. The lowest BCUT2D eigenvalue weighted by molar-refractivity contribution is 0.0601. The molecule has 0 N–H and O–H groups in total. The highest BCUT2D eigenvalue weighted by Gasteiger charge is 2.35. The van der Waals surface area contributed by atoms with Crippen molar-refractivity contribution < 1.29 is 9.53 Å². The van der Waals surface area contributed by atoms with E-state index in [-0.39, 0.29) is 5.97 Å². The van der Waals surface area contributed by atoms with Crippen LogP contribution in [0.1, 0.15) is 106 Å². The second kappa shape index (κ2) is 10.7. The van der Waals surface area contributed by atoms with E-state index in [1.807, 2.05) is 12.1 Å². The summed E-state index contributed by atoms with van der Waals surface area (Å²) in [4.78, 5) is 11.8. The number of hydrogen-bond acceptors (Lipinski definition) is 2. The predicted octanol–water partition coefficient (Wildman–Crippen LogP) is 8.29. The normalized spacial score (nSPS) is 25.9. The van der Waals surface area contributed by atoms with Crippen LogP contribution in [0.5, 0.6) is 0 Å². The molecule has 2 saturated carbocycles. The molecule has 2 nitrogen and oxygen atoms in total. The summed E-state index contributed by atoms with van der Waals surface area (Å²) in [5, 5.41) is 2.36. The summed E-state index contributed by atoms with van der Waals surface area (Å²) < 4.78 is 4.86. The maximum absolute atomic E-state index is 11.8. The quantitative estimate of drug-likeness (QED) is 0.317. The van der Waals surface area contributed by atoms with Gasteiger partial charge in [0.25, 0.3) is 0 Å². The molecule has 0 spiro atoms. The van der Waals surface area contributed by atoms with Crippen molar-refractivity contribution in [1.29, 1.82) is 0 Å². The summed E-state index contributed by atoms with van der Waals surface area (Å²) in [6.07, 6.45) is 17.1. The van der Waals surface area contributed by atoms with E-state index in [2.05, 4.69) is 31.2 Å². The molecule has 2 heteroatoms. The number of esters is 1. The van der Waals surface area contributed by atoms with Crippen molar-refractivity contribution in [2.75, 3.05) is 7.11 Å². The third-order valence-corrected chi connectivity index (χ3v) is 8.19. The van der Waals surface area contributed by atoms with E-state index >= 15 is 0 Å². The van der Waals surface area contributed by atoms with E-state index in [4.69, 9.17) is 4.74 Å². The van der Waals surface area contributed by atoms with Crippen LogP contribution >= 0.6 is 0 Å². The van der Waals surface area contributed by atoms with Crippen molar-refractivity contribution in [2.45, 2.75) is 89.9 Å². The van der Waals surface area contributed by atoms with Gasteiger partial charge in [0.1, 0.15) is 0 Å². The van der Waals surface area contributed by atoms with Gasteiger partial charge in [-0.1, -0.05) is 76.1 Å². The topological polar surface area (TPSA) is 26.3 Å². The van der Waals surface area contributed by atoms with Crippen LogP contribution in [-0.2, 0) is 4.74 Å². The fourth-order valence-corrected chi connectivity index (χ4v) is 6.35. The first-order valence-electron chi connectivity index (χ1n) is 12.8. The standard InChI is InChI=1S/C29H40O2/c1-3-4-5-6-7-8-21-9-10-23-18-24(12-11-22(23)17-21)25-13-14-27-20-28(29(30)31-2)16-15-26(27)19-25/h13-16,19-24H,3-12,17-18H2,1-2H3/t21?,22-,23+,24?/m0/s1. The number of benzene rings is 2. The number of unbranched alkanes of at least 4 members (excludes halogenated alkanes) is 4. The van der Waals surface area contributed by atoms with Gasteiger partial charge in [-0.25, -0.2) is 4.79 Å². The second-order valence-corrected chi connectivity index (χ2v) is 10.2. The van der Waals surface area contributed by atoms with Crippen LogP contribution in [-0.4, -0.2) is 13.1 Å². The van der Waals surface area contributed by atoms with Crippen molar-refractivity contribution in [3.8, 4) is 0 Å². The highest BCUT2D eigenvalue weighted by atomic mass is 16.5. The van der Waals surface area contributed by atoms with Gasteiger partial charge in [0.2, 0.25) is 0 Å². The Labute approximate surface area is 188 Å². The Bertz CT molecular complexity index is 870. The highest BCUT2D eigenvalue weighted by molar-refractivity contribution is 5.95. The molecule has 2 aliphatic carbocycles. The molecule has 2 fully saturated rings. The van der Waals surface area contributed by atoms with E-state index in [9.17, 15) is 4.79 Å². The summed E-state index contributed by atoms with van der Waals surface area (Å²) in [6.45, 7) is 2.30. The van der Waals surface area contributed by atoms with E-state index in [1.54, 1.807) is 0 Å². The van der Waals surface area contributed by atoms with Gasteiger partial charge in [-0.3, -0.25) is 0 Å². The Balaban J connectivity index is 1.33. The molecule has 2 aromatic rings. The molecule has 0 aliphatic heterocycles. The van der Waals surface area contributed by atoms with Crippen molar-refractivity contribution >= 4 is 16.7 Å². The minimum Gasteiger partial charge on any atom is -0.465 e. The van der Waals surface area contributed by atoms with Crippen LogP contribution in [0.2, 0.25) is 0 Å². The SMILES string of the molecule is CCCCCCCC1CC[C@@H]2CC(c3ccc4cc(C(=O)OC)ccc4c3)CC[C@H]2C1. The summed E-state index contributed by atoms with van der Waals surface area (Å²) in [5.74, 6) is 3.36. The van der Waals surface area contributed by atoms with Gasteiger partial charge in [0.05, 0.1) is 12.7 Å². The molecule has 0 amide bonds. The molecule has 4 rings (SSSR count). The number of fused-ring (bicyclic) bond motifs is 2. The Morgan fingerprint density at radius 2 is 1.61 bits per heavy atom. The first kappa shape index (κ1) is 22.4. The summed E-state index contributed by atoms with van der Waals surface area (Å²) >= 11 is 0. The summed E-state index contributed by atoms with van der Waals surface area (Å²) in [7, 11) is 1.44. The highest BCUT2D eigenvalue weighted by Crippen LogP contribution is 2.48. The van der Waals surface area contributed by atoms with Crippen LogP contribution in [0.3, 0.4) is 0 Å². The molecule has 2 unspecified atom stereocenters. The molecule has 0 bridgehead atoms. The van der Waals surface area contributed by atoms with Gasteiger partial charge in [-0.15, -0.1) is 0 Å². The minimum atomic E-state index is -0.263. The van der Waals surface area contributed by atoms with Crippen molar-refractivity contribution in [3.63, 3.8) is 0 Å². The average Bonchev–Trinajstić information content (AvgIpc) is 2.82. The maximum Gasteiger partial charge on any atom is 0.337 e. The zero-order chi connectivity index (χ0) is 21.6. The lowest BCUT2D eigenvalue weighted by atomic mass is 9.63. The Morgan fingerprint density at radius 1 is 0.871 bits per heavy atom. The molecule has 0 heterocycles. The van der Waals surface area contributed by atoms with Gasteiger partial charge in [-0.2, -0.15) is 0 Å². The number of carbonyl (C=O) groups excluding carboxylic acids is 1. The van der Waals surface area contributed by atoms with Gasteiger partial charge < -0.3 is 4.74 Å². The average molecular weight is 421 g/mol. The molecule has 31 heavy (non-hydrogen) atoms. The van der Waals surface area contributed by atoms with E-state index in [1.165, 1.54) is 95.1 Å². The number of methoxy groups -OCH3 is 1. The van der Waals surface area contributed by atoms with Crippen molar-refractivity contribution in [2.24, 2.45) is 17.8 Å². The van der Waals surface area contributed by atoms with Crippen LogP contribution in [0.4, 0.5) is 0 Å². The number of hydrogen-bond donors (Lipinski definition) is 0. The molecule has 2 aliphatic rings. The smallest absolute Gasteiger partial charge is 0.337 e. The molecular formula is C29H40O2. The van der Waals surface area contributed by atoms with Crippen LogP contribution in [0.25, 0.3) is 10.8 Å². The fourth-order valence-electron chi connectivity index (χ4n) is 6.35. The largest absolute Gasteiger partial charge is 0.465 e. The van der Waals surface area contributed by atoms with Gasteiger partial charge >= 0.3 is 5.97 Å². The molecule has 2 aromatic carbocycles. The molecular weight excluding hydrogens is 380 g/mol. The summed E-state index contributed by atoms with van der Waals surface area (Å²) in [5.41, 5.74) is 2.13. The van der Waals surface area contributed by atoms with Gasteiger partial charge in [0.15, 0.2) is 0 Å². The van der Waals surface area contributed by atoms with E-state index < -0.39 is 0 Å². The van der Waals surface area contributed by atoms with Crippen molar-refractivity contribution in [3.05, 3.63) is 47.5 Å². The summed E-state index contributed by atoms with van der Waals surface area (Å²) in [6, 6.07) is 12.8. The van der Waals surface area contributed by atoms with Crippen LogP contribution in [0, 0.1) is 17.8 Å². The zero-order valence-electron chi connectivity index (χ0n) is 19.6. The monoisotopic (exact) mass is 420 g/mol. The third kappa shape index (κ3) is 5.51. The van der Waals surface area contributed by atoms with Crippen molar-refractivity contribution in [1.82, 2.24) is 0 Å². The van der Waals surface area contributed by atoms with Crippen LogP contribution < -0.4 is 0 Å². The van der Waals surface area contributed by atoms with E-state index in [0.29, 0.717) is 11.5 Å². The second-order valence-electron chi connectivity index (χ2n) is 10.2. The number of ether oxygens (including phenoxy) is 1. The first-order chi connectivity index (χ1) is 15.2. The first-order valence-corrected chi connectivity index (χ1v) is 12.8. The molecule has 4 atom stereocenters. The number of carbonyl (C=O) groups is 1. The van der Waals surface area contributed by atoms with E-state index in [0.717, 1.165) is 23.1 Å². The van der Waals surface area contributed by atoms with Crippen LogP contribution in [0.15, 0.2) is 36.4 Å². The minimum absolute atomic E-state index is 0.263. The Kier molecular flexibility index (Phi) is 7.69. The maximum atomic E-state index is 11.8. The van der Waals surface area contributed by atoms with Gasteiger partial charge in [0, 0.05) is 0 Å². The molecule has 168 valence electrons. The zero-order valence-corrected chi connectivity index (χ0v) is 19.6. The van der Waals surface area contributed by atoms with Gasteiger partial charge in [-0.05, 0) is 84.2 Å². The fraction of sp³-hybridized carbons (Fsp3) is 0.621.